The van der Waals surface area contributed by atoms with Crippen LogP contribution in [0.25, 0.3) is 0 Å². The van der Waals surface area contributed by atoms with E-state index in [1.807, 2.05) is 0 Å². The summed E-state index contributed by atoms with van der Waals surface area (Å²) in [4.78, 5) is 21.3. The molecule has 1 aromatic rings. The monoisotopic (exact) mass is 298 g/mol. The highest BCUT2D eigenvalue weighted by atomic mass is 35.5. The van der Waals surface area contributed by atoms with E-state index in [0.29, 0.717) is 12.1 Å². The zero-order valence-electron chi connectivity index (χ0n) is 10.7. The number of rotatable bonds is 4. The molecule has 20 heavy (non-hydrogen) atoms. The number of nitrogens with zero attached hydrogens (tertiary/aromatic N) is 1. The Labute approximate surface area is 120 Å². The van der Waals surface area contributed by atoms with Crippen LogP contribution in [0.5, 0.6) is 0 Å². The number of halogens is 1. The number of hydrogen-bond donors (Lipinski definition) is 2. The van der Waals surface area contributed by atoms with Crippen molar-refractivity contribution in [3.8, 4) is 0 Å². The molecule has 108 valence electrons. The van der Waals surface area contributed by atoms with E-state index >= 15 is 0 Å². The van der Waals surface area contributed by atoms with E-state index in [9.17, 15) is 20.0 Å². The summed E-state index contributed by atoms with van der Waals surface area (Å²) in [5.41, 5.74) is 0.453. The standard InChI is InChI=1S/C13H15ClN2O4/c14-10-7-8(16(19)20)5-6-12(10)15-11-4-2-1-3-9(11)13(17)18/h5-7,9,11,15H,1-4H2,(H,17,18). The molecule has 1 aliphatic carbocycles. The minimum absolute atomic E-state index is 0.0843. The second kappa shape index (κ2) is 6.09. The largest absolute Gasteiger partial charge is 0.481 e. The number of anilines is 1. The predicted molar refractivity (Wildman–Crippen MR) is 75.1 cm³/mol. The van der Waals surface area contributed by atoms with Gasteiger partial charge in [0.25, 0.3) is 5.69 Å². The fourth-order valence-corrected chi connectivity index (χ4v) is 2.76. The molecule has 2 rings (SSSR count). The molecule has 7 heteroatoms. The fraction of sp³-hybridized carbons (Fsp3) is 0.462. The number of nitro benzene ring substituents is 1. The highest BCUT2D eigenvalue weighted by Gasteiger charge is 2.31. The molecular formula is C13H15ClN2O4. The number of carboxylic acid groups (broad SMARTS) is 1. The Morgan fingerprint density at radius 3 is 2.70 bits per heavy atom. The number of hydrogen-bond acceptors (Lipinski definition) is 4. The molecular weight excluding hydrogens is 284 g/mol. The van der Waals surface area contributed by atoms with Crippen LogP contribution in [-0.2, 0) is 4.79 Å². The quantitative estimate of drug-likeness (QED) is 0.657. The van der Waals surface area contributed by atoms with Gasteiger partial charge in [-0.25, -0.2) is 0 Å². The van der Waals surface area contributed by atoms with Crippen LogP contribution in [-0.4, -0.2) is 22.0 Å². The molecule has 0 bridgehead atoms. The molecule has 0 amide bonds. The number of carbonyl (C=O) groups is 1. The maximum atomic E-state index is 11.2. The Bertz CT molecular complexity index is 535. The van der Waals surface area contributed by atoms with Gasteiger partial charge in [0.2, 0.25) is 0 Å². The van der Waals surface area contributed by atoms with Gasteiger partial charge in [0, 0.05) is 18.2 Å². The molecule has 0 saturated heterocycles. The Balaban J connectivity index is 2.16. The zero-order chi connectivity index (χ0) is 14.7. The zero-order valence-corrected chi connectivity index (χ0v) is 11.5. The van der Waals surface area contributed by atoms with E-state index in [2.05, 4.69) is 5.32 Å². The average molecular weight is 299 g/mol. The molecule has 0 spiro atoms. The number of aliphatic carboxylic acids is 1. The summed E-state index contributed by atoms with van der Waals surface area (Å²) in [6.07, 6.45) is 3.26. The smallest absolute Gasteiger partial charge is 0.308 e. The third-order valence-electron chi connectivity index (χ3n) is 3.59. The van der Waals surface area contributed by atoms with Crippen molar-refractivity contribution in [2.24, 2.45) is 5.92 Å². The van der Waals surface area contributed by atoms with Crippen LogP contribution in [0.3, 0.4) is 0 Å². The topological polar surface area (TPSA) is 92.5 Å². The van der Waals surface area contributed by atoms with E-state index in [0.717, 1.165) is 19.3 Å². The molecule has 1 saturated carbocycles. The number of nitrogens with one attached hydrogen (secondary N) is 1. The molecule has 1 aromatic carbocycles. The van der Waals surface area contributed by atoms with Crippen molar-refractivity contribution in [3.63, 3.8) is 0 Å². The third kappa shape index (κ3) is 3.19. The molecule has 6 nitrogen and oxygen atoms in total. The molecule has 1 fully saturated rings. The van der Waals surface area contributed by atoms with Crippen LogP contribution in [0.2, 0.25) is 5.02 Å². The lowest BCUT2D eigenvalue weighted by molar-refractivity contribution is -0.384. The normalized spacial score (nSPS) is 22.2. The minimum Gasteiger partial charge on any atom is -0.481 e. The van der Waals surface area contributed by atoms with Gasteiger partial charge in [-0.1, -0.05) is 24.4 Å². The summed E-state index contributed by atoms with van der Waals surface area (Å²) in [7, 11) is 0. The van der Waals surface area contributed by atoms with E-state index in [1.165, 1.54) is 18.2 Å². The highest BCUT2D eigenvalue weighted by molar-refractivity contribution is 6.33. The van der Waals surface area contributed by atoms with Crippen molar-refractivity contribution in [2.75, 3.05) is 5.32 Å². The van der Waals surface area contributed by atoms with Crippen LogP contribution in [0, 0.1) is 16.0 Å². The Hall–Kier alpha value is -1.82. The van der Waals surface area contributed by atoms with Crippen molar-refractivity contribution in [3.05, 3.63) is 33.3 Å². The van der Waals surface area contributed by atoms with Gasteiger partial charge < -0.3 is 10.4 Å². The summed E-state index contributed by atoms with van der Waals surface area (Å²) < 4.78 is 0. The Kier molecular flexibility index (Phi) is 4.44. The summed E-state index contributed by atoms with van der Waals surface area (Å²) in [6, 6.07) is 3.95. The summed E-state index contributed by atoms with van der Waals surface area (Å²) in [6.45, 7) is 0. The fourth-order valence-electron chi connectivity index (χ4n) is 2.53. The lowest BCUT2D eigenvalue weighted by Crippen LogP contribution is -2.37. The SMILES string of the molecule is O=C(O)C1CCCCC1Nc1ccc([N+](=O)[O-])cc1Cl. The van der Waals surface area contributed by atoms with Gasteiger partial charge in [0.05, 0.1) is 21.6 Å². The van der Waals surface area contributed by atoms with Crippen LogP contribution >= 0.6 is 11.6 Å². The first kappa shape index (κ1) is 14.6. The molecule has 1 aliphatic rings. The van der Waals surface area contributed by atoms with Crippen molar-refractivity contribution in [2.45, 2.75) is 31.7 Å². The molecule has 0 heterocycles. The van der Waals surface area contributed by atoms with Gasteiger partial charge in [0.1, 0.15) is 0 Å². The van der Waals surface area contributed by atoms with Gasteiger partial charge in [-0.3, -0.25) is 14.9 Å². The van der Waals surface area contributed by atoms with E-state index in [4.69, 9.17) is 11.6 Å². The maximum Gasteiger partial charge on any atom is 0.308 e. The third-order valence-corrected chi connectivity index (χ3v) is 3.90. The van der Waals surface area contributed by atoms with Gasteiger partial charge in [-0.15, -0.1) is 0 Å². The van der Waals surface area contributed by atoms with Crippen LogP contribution < -0.4 is 5.32 Å². The maximum absolute atomic E-state index is 11.2. The van der Waals surface area contributed by atoms with Crippen LogP contribution in [0.15, 0.2) is 18.2 Å². The van der Waals surface area contributed by atoms with Crippen LogP contribution in [0.1, 0.15) is 25.7 Å². The van der Waals surface area contributed by atoms with Crippen molar-refractivity contribution >= 4 is 28.9 Å². The van der Waals surface area contributed by atoms with Gasteiger partial charge in [0.15, 0.2) is 0 Å². The van der Waals surface area contributed by atoms with Crippen molar-refractivity contribution in [1.82, 2.24) is 0 Å². The molecule has 2 atom stereocenters. The number of non-ortho nitro benzene ring substituents is 1. The summed E-state index contributed by atoms with van der Waals surface area (Å²) in [5.74, 6) is -1.27. The van der Waals surface area contributed by atoms with E-state index in [1.54, 1.807) is 0 Å². The number of benzene rings is 1. The molecule has 0 aromatic heterocycles. The number of nitro groups is 1. The number of carboxylic acids is 1. The molecule has 2 unspecified atom stereocenters. The van der Waals surface area contributed by atoms with Gasteiger partial charge in [-0.05, 0) is 18.9 Å². The second-order valence-electron chi connectivity index (χ2n) is 4.90. The Morgan fingerprint density at radius 1 is 1.40 bits per heavy atom. The highest BCUT2D eigenvalue weighted by Crippen LogP contribution is 2.32. The first-order valence-corrected chi connectivity index (χ1v) is 6.80. The molecule has 2 N–H and O–H groups in total. The van der Waals surface area contributed by atoms with E-state index in [-0.39, 0.29) is 16.8 Å². The first-order chi connectivity index (χ1) is 9.49. The molecule has 0 radical (unpaired) electrons. The lowest BCUT2D eigenvalue weighted by Gasteiger charge is -2.30. The predicted octanol–water partition coefficient (Wildman–Crippen LogP) is 3.30. The Morgan fingerprint density at radius 2 is 2.10 bits per heavy atom. The first-order valence-electron chi connectivity index (χ1n) is 6.42. The van der Waals surface area contributed by atoms with Crippen molar-refractivity contribution in [1.29, 1.82) is 0 Å². The minimum atomic E-state index is -0.819. The van der Waals surface area contributed by atoms with Gasteiger partial charge >= 0.3 is 5.97 Å². The molecule has 0 aliphatic heterocycles. The van der Waals surface area contributed by atoms with E-state index < -0.39 is 16.8 Å². The lowest BCUT2D eigenvalue weighted by atomic mass is 9.84. The summed E-state index contributed by atoms with van der Waals surface area (Å²) in [5, 5.41) is 23.2. The van der Waals surface area contributed by atoms with Gasteiger partial charge in [-0.2, -0.15) is 0 Å². The van der Waals surface area contributed by atoms with Crippen LogP contribution in [0.4, 0.5) is 11.4 Å². The second-order valence-corrected chi connectivity index (χ2v) is 5.31. The van der Waals surface area contributed by atoms with Crippen molar-refractivity contribution < 1.29 is 14.8 Å². The summed E-state index contributed by atoms with van der Waals surface area (Å²) >= 11 is 6.01. The average Bonchev–Trinajstić information content (AvgIpc) is 2.41.